The van der Waals surface area contributed by atoms with Crippen LogP contribution in [0.4, 0.5) is 43.7 Å². The number of anilines is 2. The number of alkyl halides is 3. The summed E-state index contributed by atoms with van der Waals surface area (Å²) in [4.78, 5) is 106. The number of fused-ring (bicyclic) bond motifs is 4. The van der Waals surface area contributed by atoms with Crippen molar-refractivity contribution in [3.05, 3.63) is 58.7 Å². The summed E-state index contributed by atoms with van der Waals surface area (Å²) in [7, 11) is 3.00. The molecule has 0 aromatic heterocycles. The summed E-state index contributed by atoms with van der Waals surface area (Å²) < 4.78 is 47.2. The smallest absolute Gasteiger partial charge is 0.446 e. The SMILES string of the molecule is CNC(=O)Nc1ccc2c(c1)CC[C@@]21OC(=O)N(CC(=O)O)C1=O.CNC(=O)Nc1ccc2c(c1)CC[C@@]21OC(=O)N(CC(=O)OC(C)(C)C)C1=O.O=CC(F)(F)F. The van der Waals surface area contributed by atoms with Crippen LogP contribution in [0.2, 0.25) is 0 Å². The van der Waals surface area contributed by atoms with Gasteiger partial charge in [-0.2, -0.15) is 13.2 Å². The second-order valence-electron chi connectivity index (χ2n) is 14.0. The summed E-state index contributed by atoms with van der Waals surface area (Å²) in [5, 5.41) is 19.0. The summed E-state index contributed by atoms with van der Waals surface area (Å²) in [6, 6.07) is 9.23. The Labute approximate surface area is 327 Å². The summed E-state index contributed by atoms with van der Waals surface area (Å²) in [6.45, 7) is 3.88. The minimum Gasteiger partial charge on any atom is -0.480 e. The Bertz CT molecular complexity index is 2050. The fourth-order valence-corrected chi connectivity index (χ4v) is 6.49. The number of carbonyl (C=O) groups is 9. The number of aryl methyl sites for hydroxylation is 2. The van der Waals surface area contributed by atoms with Crippen molar-refractivity contribution in [2.75, 3.05) is 37.8 Å². The minimum absolute atomic E-state index is 0.243. The minimum atomic E-state index is -4.64. The molecule has 312 valence electrons. The van der Waals surface area contributed by atoms with Crippen LogP contribution in [0.3, 0.4) is 0 Å². The number of amides is 8. The van der Waals surface area contributed by atoms with Gasteiger partial charge in [-0.15, -0.1) is 0 Å². The van der Waals surface area contributed by atoms with Gasteiger partial charge in [-0.25, -0.2) is 29.0 Å². The van der Waals surface area contributed by atoms with Crippen molar-refractivity contribution in [3.8, 4) is 0 Å². The van der Waals surface area contributed by atoms with Crippen molar-refractivity contribution in [2.24, 2.45) is 0 Å². The van der Waals surface area contributed by atoms with Crippen molar-refractivity contribution in [1.82, 2.24) is 20.4 Å². The van der Waals surface area contributed by atoms with E-state index in [2.05, 4.69) is 21.3 Å². The number of benzene rings is 2. The van der Waals surface area contributed by atoms with Crippen molar-refractivity contribution < 1.29 is 75.6 Å². The number of rotatable bonds is 6. The van der Waals surface area contributed by atoms with Crippen LogP contribution >= 0.6 is 0 Å². The van der Waals surface area contributed by atoms with Gasteiger partial charge in [0, 0.05) is 49.4 Å². The molecule has 0 unspecified atom stereocenters. The van der Waals surface area contributed by atoms with E-state index >= 15 is 0 Å². The molecule has 0 radical (unpaired) electrons. The number of aldehydes is 1. The Hall–Kier alpha value is -6.74. The highest BCUT2D eigenvalue weighted by Gasteiger charge is 2.59. The molecule has 5 N–H and O–H groups in total. The summed E-state index contributed by atoms with van der Waals surface area (Å²) in [5.74, 6) is -3.21. The van der Waals surface area contributed by atoms with Crippen LogP contribution in [-0.4, -0.2) is 108 Å². The maximum atomic E-state index is 13.0. The van der Waals surface area contributed by atoms with Crippen LogP contribution in [0.25, 0.3) is 0 Å². The number of halogens is 3. The molecule has 2 aromatic carbocycles. The topological polar surface area (TPSA) is 256 Å². The molecule has 2 fully saturated rings. The van der Waals surface area contributed by atoms with E-state index in [0.29, 0.717) is 40.2 Å². The van der Waals surface area contributed by atoms with Crippen LogP contribution in [0.15, 0.2) is 36.4 Å². The number of urea groups is 2. The molecule has 2 aliphatic carbocycles. The first kappa shape index (κ1) is 44.0. The standard InChI is InChI=1S/C19H23N3O6.C15H15N3O6.C2HF3O/c1-18(2,3)27-14(23)10-22-15(24)19(28-17(22)26)8-7-11-9-12(5-6-13(11)19)21-16(25)20-4;1-16-13(22)17-9-2-3-10-8(6-9)4-5-15(10)12(21)18(7-11(19)20)14(23)24-15;3-2(4,5)1-6/h5-6,9H,7-8,10H2,1-4H3,(H2,20,21,25);2-3,6H,4-5,7H2,1H3,(H,19,20)(H2,16,17,22);1H/t19-;15-;/m11./s1. The molecule has 2 heterocycles. The molecule has 2 atom stereocenters. The monoisotopic (exact) mass is 820 g/mol. The first-order chi connectivity index (χ1) is 27.0. The lowest BCUT2D eigenvalue weighted by molar-refractivity contribution is -0.157. The average molecular weight is 821 g/mol. The van der Waals surface area contributed by atoms with E-state index in [1.807, 2.05) is 0 Å². The summed E-state index contributed by atoms with van der Waals surface area (Å²) >= 11 is 0. The molecule has 19 nitrogen and oxygen atoms in total. The molecule has 2 aliphatic heterocycles. The molecule has 22 heteroatoms. The van der Waals surface area contributed by atoms with Crippen LogP contribution in [0.5, 0.6) is 0 Å². The number of carbonyl (C=O) groups excluding carboxylic acids is 8. The summed E-state index contributed by atoms with van der Waals surface area (Å²) in [6.07, 6.45) is -6.03. The van der Waals surface area contributed by atoms with Crippen LogP contribution in [0, 0.1) is 0 Å². The molecule has 2 spiro atoms. The van der Waals surface area contributed by atoms with E-state index in [0.717, 1.165) is 16.0 Å². The molecule has 4 aliphatic rings. The largest absolute Gasteiger partial charge is 0.480 e. The molecule has 2 saturated heterocycles. The zero-order chi connectivity index (χ0) is 43.4. The Morgan fingerprint density at radius 2 is 1.17 bits per heavy atom. The molecule has 6 rings (SSSR count). The number of ether oxygens (including phenoxy) is 3. The number of aliphatic carboxylic acids is 1. The van der Waals surface area contributed by atoms with Crippen LogP contribution in [0.1, 0.15) is 55.9 Å². The second-order valence-corrected chi connectivity index (χ2v) is 14.0. The highest BCUT2D eigenvalue weighted by Crippen LogP contribution is 2.47. The van der Waals surface area contributed by atoms with E-state index in [4.69, 9.17) is 24.1 Å². The third-order valence-electron chi connectivity index (χ3n) is 8.82. The molecule has 2 aromatic rings. The van der Waals surface area contributed by atoms with E-state index in [-0.39, 0.29) is 24.9 Å². The van der Waals surface area contributed by atoms with Gasteiger partial charge in [0.05, 0.1) is 0 Å². The third kappa shape index (κ3) is 9.61. The molecule has 0 bridgehead atoms. The Morgan fingerprint density at radius 3 is 1.52 bits per heavy atom. The first-order valence-electron chi connectivity index (χ1n) is 17.3. The van der Waals surface area contributed by atoms with Gasteiger partial charge in [-0.1, -0.05) is 12.1 Å². The van der Waals surface area contributed by atoms with Gasteiger partial charge in [0.2, 0.25) is 17.5 Å². The van der Waals surface area contributed by atoms with Crippen molar-refractivity contribution >= 4 is 65.7 Å². The number of esters is 1. The Morgan fingerprint density at radius 1 is 0.776 bits per heavy atom. The van der Waals surface area contributed by atoms with E-state index < -0.39 is 78.3 Å². The lowest BCUT2D eigenvalue weighted by atomic mass is 9.94. The maximum Gasteiger partial charge on any atom is 0.446 e. The maximum absolute atomic E-state index is 13.0. The number of nitrogens with one attached hydrogen (secondary N) is 4. The molecule has 58 heavy (non-hydrogen) atoms. The lowest BCUT2D eigenvalue weighted by Gasteiger charge is -2.22. The Kier molecular flexibility index (Phi) is 12.7. The predicted molar refractivity (Wildman–Crippen MR) is 191 cm³/mol. The third-order valence-corrected chi connectivity index (χ3v) is 8.82. The zero-order valence-corrected chi connectivity index (χ0v) is 31.7. The first-order valence-corrected chi connectivity index (χ1v) is 17.3. The van der Waals surface area contributed by atoms with Crippen molar-refractivity contribution in [3.63, 3.8) is 0 Å². The molecule has 0 saturated carbocycles. The predicted octanol–water partition coefficient (Wildman–Crippen LogP) is 3.29. The van der Waals surface area contributed by atoms with Gasteiger partial charge >= 0.3 is 42.4 Å². The van der Waals surface area contributed by atoms with Gasteiger partial charge in [-0.05, 0) is 69.0 Å². The number of hydrogen-bond donors (Lipinski definition) is 5. The highest BCUT2D eigenvalue weighted by atomic mass is 19.4. The van der Waals surface area contributed by atoms with Gasteiger partial charge in [0.25, 0.3) is 11.8 Å². The highest BCUT2D eigenvalue weighted by molar-refractivity contribution is 6.07. The lowest BCUT2D eigenvalue weighted by Crippen LogP contribution is -2.41. The van der Waals surface area contributed by atoms with Crippen LogP contribution in [-0.2, 0) is 62.2 Å². The normalized spacial score (nSPS) is 20.1. The number of carboxylic acid groups (broad SMARTS) is 1. The number of imide groups is 2. The van der Waals surface area contributed by atoms with Crippen LogP contribution < -0.4 is 21.3 Å². The average Bonchev–Trinajstić information content (AvgIpc) is 3.82. The molecule has 8 amide bonds. The summed E-state index contributed by atoms with van der Waals surface area (Å²) in [5.41, 5.74) is 0.151. The van der Waals surface area contributed by atoms with Gasteiger partial charge in [-0.3, -0.25) is 24.0 Å². The quantitative estimate of drug-likeness (QED) is 0.160. The Balaban J connectivity index is 0.000000227. The van der Waals surface area contributed by atoms with E-state index in [1.54, 1.807) is 57.2 Å². The second kappa shape index (κ2) is 16.8. The number of carboxylic acids is 1. The van der Waals surface area contributed by atoms with E-state index in [1.165, 1.54) is 14.1 Å². The van der Waals surface area contributed by atoms with Gasteiger partial charge in [0.15, 0.2) is 0 Å². The number of nitrogens with zero attached hydrogens (tertiary/aromatic N) is 2. The number of hydrogen-bond acceptors (Lipinski definition) is 12. The molecular weight excluding hydrogens is 781 g/mol. The fourth-order valence-electron chi connectivity index (χ4n) is 6.49. The fraction of sp³-hybridized carbons (Fsp3) is 0.417. The zero-order valence-electron chi connectivity index (χ0n) is 31.7. The van der Waals surface area contributed by atoms with Crippen molar-refractivity contribution in [1.29, 1.82) is 0 Å². The van der Waals surface area contributed by atoms with Crippen molar-refractivity contribution in [2.45, 2.75) is 69.4 Å². The van der Waals surface area contributed by atoms with Gasteiger partial charge in [0.1, 0.15) is 18.7 Å². The van der Waals surface area contributed by atoms with E-state index in [9.17, 15) is 51.5 Å². The van der Waals surface area contributed by atoms with Gasteiger partial charge < -0.3 is 40.6 Å². The molecular formula is C36H39F3N6O13.